The van der Waals surface area contributed by atoms with Crippen LogP contribution < -0.4 is 0 Å². The SMILES string of the molecule is Clc1ccc(-c2cc(-c3ccc4ccccc4c3)cc3ccccc23)cc1. The van der Waals surface area contributed by atoms with Crippen LogP contribution in [0.25, 0.3) is 43.8 Å². The topological polar surface area (TPSA) is 0 Å². The van der Waals surface area contributed by atoms with Crippen molar-refractivity contribution in [1.29, 1.82) is 0 Å². The van der Waals surface area contributed by atoms with E-state index in [1.807, 2.05) is 12.1 Å². The first-order chi connectivity index (χ1) is 13.3. The summed E-state index contributed by atoms with van der Waals surface area (Å²) in [6.45, 7) is 0. The first-order valence-corrected chi connectivity index (χ1v) is 9.44. The lowest BCUT2D eigenvalue weighted by Gasteiger charge is -2.12. The first kappa shape index (κ1) is 16.1. The maximum Gasteiger partial charge on any atom is 0.0406 e. The van der Waals surface area contributed by atoms with Crippen LogP contribution in [0.4, 0.5) is 0 Å². The average molecular weight is 365 g/mol. The second-order valence-electron chi connectivity index (χ2n) is 6.81. The van der Waals surface area contributed by atoms with Gasteiger partial charge in [0, 0.05) is 5.02 Å². The Hall–Kier alpha value is -3.09. The minimum absolute atomic E-state index is 0.758. The summed E-state index contributed by atoms with van der Waals surface area (Å²) in [6.07, 6.45) is 0. The highest BCUT2D eigenvalue weighted by Gasteiger charge is 2.08. The summed E-state index contributed by atoms with van der Waals surface area (Å²) in [5, 5.41) is 5.78. The van der Waals surface area contributed by atoms with E-state index in [0.29, 0.717) is 0 Å². The second-order valence-corrected chi connectivity index (χ2v) is 7.25. The fourth-order valence-corrected chi connectivity index (χ4v) is 3.84. The van der Waals surface area contributed by atoms with Gasteiger partial charge in [-0.05, 0) is 74.1 Å². The molecule has 0 saturated carbocycles. The predicted octanol–water partition coefficient (Wildman–Crippen LogP) is 7.98. The molecule has 5 aromatic carbocycles. The van der Waals surface area contributed by atoms with Crippen molar-refractivity contribution in [2.24, 2.45) is 0 Å². The third-order valence-corrected chi connectivity index (χ3v) is 5.35. The van der Waals surface area contributed by atoms with Crippen LogP contribution >= 0.6 is 11.6 Å². The van der Waals surface area contributed by atoms with E-state index in [0.717, 1.165) is 5.02 Å². The normalized spacial score (nSPS) is 11.1. The maximum atomic E-state index is 6.10. The number of hydrogen-bond donors (Lipinski definition) is 0. The summed E-state index contributed by atoms with van der Waals surface area (Å²) in [6, 6.07) is 36.4. The van der Waals surface area contributed by atoms with Crippen molar-refractivity contribution >= 4 is 33.1 Å². The number of hydrogen-bond acceptors (Lipinski definition) is 0. The minimum atomic E-state index is 0.758. The Morgan fingerprint density at radius 3 is 1.89 bits per heavy atom. The molecule has 0 aliphatic carbocycles. The number of halogens is 1. The van der Waals surface area contributed by atoms with Gasteiger partial charge in [-0.25, -0.2) is 0 Å². The van der Waals surface area contributed by atoms with Crippen molar-refractivity contribution in [3.63, 3.8) is 0 Å². The van der Waals surface area contributed by atoms with E-state index in [9.17, 15) is 0 Å². The molecule has 27 heavy (non-hydrogen) atoms. The van der Waals surface area contributed by atoms with E-state index in [1.165, 1.54) is 43.8 Å². The Balaban J connectivity index is 1.76. The fraction of sp³-hybridized carbons (Fsp3) is 0. The second kappa shape index (κ2) is 6.57. The Morgan fingerprint density at radius 2 is 1.07 bits per heavy atom. The molecule has 0 aromatic heterocycles. The van der Waals surface area contributed by atoms with E-state index in [-0.39, 0.29) is 0 Å². The van der Waals surface area contributed by atoms with Crippen LogP contribution in [0.15, 0.2) is 103 Å². The summed E-state index contributed by atoms with van der Waals surface area (Å²) in [7, 11) is 0. The Kier molecular flexibility index (Phi) is 3.92. The molecule has 0 aliphatic rings. The Labute approximate surface area is 163 Å². The molecule has 5 rings (SSSR count). The quantitative estimate of drug-likeness (QED) is 0.298. The van der Waals surface area contributed by atoms with Gasteiger partial charge in [-0.1, -0.05) is 84.4 Å². The minimum Gasteiger partial charge on any atom is -0.0843 e. The molecule has 0 unspecified atom stereocenters. The van der Waals surface area contributed by atoms with Gasteiger partial charge in [0.05, 0.1) is 0 Å². The highest BCUT2D eigenvalue weighted by molar-refractivity contribution is 6.30. The van der Waals surface area contributed by atoms with Gasteiger partial charge in [-0.15, -0.1) is 0 Å². The van der Waals surface area contributed by atoms with Gasteiger partial charge in [0.2, 0.25) is 0 Å². The lowest BCUT2D eigenvalue weighted by molar-refractivity contribution is 1.63. The van der Waals surface area contributed by atoms with Crippen molar-refractivity contribution in [3.8, 4) is 22.3 Å². The molecule has 0 amide bonds. The van der Waals surface area contributed by atoms with Gasteiger partial charge in [0.15, 0.2) is 0 Å². The molecule has 0 radical (unpaired) electrons. The van der Waals surface area contributed by atoms with E-state index in [2.05, 4.69) is 91.0 Å². The molecule has 0 N–H and O–H groups in total. The maximum absolute atomic E-state index is 6.10. The summed E-state index contributed by atoms with van der Waals surface area (Å²) in [4.78, 5) is 0. The molecule has 5 aromatic rings. The molecule has 128 valence electrons. The van der Waals surface area contributed by atoms with Crippen LogP contribution in [-0.2, 0) is 0 Å². The van der Waals surface area contributed by atoms with Crippen LogP contribution in [0, 0.1) is 0 Å². The molecule has 0 saturated heterocycles. The van der Waals surface area contributed by atoms with Crippen molar-refractivity contribution < 1.29 is 0 Å². The lowest BCUT2D eigenvalue weighted by Crippen LogP contribution is -1.86. The fourth-order valence-electron chi connectivity index (χ4n) is 3.71. The third kappa shape index (κ3) is 2.99. The molecular formula is C26H17Cl. The zero-order chi connectivity index (χ0) is 18.2. The van der Waals surface area contributed by atoms with Crippen molar-refractivity contribution in [1.82, 2.24) is 0 Å². The monoisotopic (exact) mass is 364 g/mol. The van der Waals surface area contributed by atoms with Crippen molar-refractivity contribution in [3.05, 3.63) is 108 Å². The molecule has 0 heterocycles. The Morgan fingerprint density at radius 1 is 0.444 bits per heavy atom. The third-order valence-electron chi connectivity index (χ3n) is 5.10. The smallest absolute Gasteiger partial charge is 0.0406 e. The van der Waals surface area contributed by atoms with Crippen LogP contribution in [-0.4, -0.2) is 0 Å². The van der Waals surface area contributed by atoms with Gasteiger partial charge >= 0.3 is 0 Å². The van der Waals surface area contributed by atoms with E-state index in [4.69, 9.17) is 11.6 Å². The Bertz CT molecular complexity index is 1270. The summed E-state index contributed by atoms with van der Waals surface area (Å²) < 4.78 is 0. The highest BCUT2D eigenvalue weighted by Crippen LogP contribution is 2.35. The zero-order valence-corrected chi connectivity index (χ0v) is 15.4. The predicted molar refractivity (Wildman–Crippen MR) is 117 cm³/mol. The van der Waals surface area contributed by atoms with Crippen LogP contribution in [0.2, 0.25) is 5.02 Å². The van der Waals surface area contributed by atoms with Crippen LogP contribution in [0.1, 0.15) is 0 Å². The first-order valence-electron chi connectivity index (χ1n) is 9.06. The van der Waals surface area contributed by atoms with Crippen LogP contribution in [0.5, 0.6) is 0 Å². The molecule has 0 fully saturated rings. The van der Waals surface area contributed by atoms with E-state index in [1.54, 1.807) is 0 Å². The largest absolute Gasteiger partial charge is 0.0843 e. The molecule has 0 atom stereocenters. The van der Waals surface area contributed by atoms with E-state index >= 15 is 0 Å². The molecule has 0 spiro atoms. The van der Waals surface area contributed by atoms with Gasteiger partial charge in [0.25, 0.3) is 0 Å². The molecule has 0 nitrogen and oxygen atoms in total. The lowest BCUT2D eigenvalue weighted by atomic mass is 9.92. The molecule has 0 bridgehead atoms. The van der Waals surface area contributed by atoms with Crippen molar-refractivity contribution in [2.75, 3.05) is 0 Å². The number of rotatable bonds is 2. The highest BCUT2D eigenvalue weighted by atomic mass is 35.5. The number of fused-ring (bicyclic) bond motifs is 2. The van der Waals surface area contributed by atoms with Crippen LogP contribution in [0.3, 0.4) is 0 Å². The standard InChI is InChI=1S/C26H17Cl/c27-24-13-11-19(12-14-24)26-17-23(16-22-7-3-4-8-25(22)26)21-10-9-18-5-1-2-6-20(18)15-21/h1-17H. The van der Waals surface area contributed by atoms with Gasteiger partial charge in [0.1, 0.15) is 0 Å². The van der Waals surface area contributed by atoms with Crippen molar-refractivity contribution in [2.45, 2.75) is 0 Å². The summed E-state index contributed by atoms with van der Waals surface area (Å²) >= 11 is 6.10. The number of benzene rings is 5. The van der Waals surface area contributed by atoms with E-state index < -0.39 is 0 Å². The molecule has 1 heteroatoms. The van der Waals surface area contributed by atoms with Gasteiger partial charge < -0.3 is 0 Å². The summed E-state index contributed by atoms with van der Waals surface area (Å²) in [5.74, 6) is 0. The summed E-state index contributed by atoms with van der Waals surface area (Å²) in [5.41, 5.74) is 4.87. The van der Waals surface area contributed by atoms with Gasteiger partial charge in [-0.3, -0.25) is 0 Å². The molecule has 0 aliphatic heterocycles. The average Bonchev–Trinajstić information content (AvgIpc) is 2.73. The zero-order valence-electron chi connectivity index (χ0n) is 14.7. The van der Waals surface area contributed by atoms with Gasteiger partial charge in [-0.2, -0.15) is 0 Å². The molecular weight excluding hydrogens is 348 g/mol.